The van der Waals surface area contributed by atoms with Crippen LogP contribution < -0.4 is 5.32 Å². The number of likely N-dealkylation sites (tertiary alicyclic amines) is 1. The van der Waals surface area contributed by atoms with Crippen LogP contribution in [0.3, 0.4) is 0 Å². The van der Waals surface area contributed by atoms with Gasteiger partial charge < -0.3 is 10.3 Å². The van der Waals surface area contributed by atoms with Crippen molar-refractivity contribution in [3.63, 3.8) is 0 Å². The Hall–Kier alpha value is -3.45. The van der Waals surface area contributed by atoms with Crippen LogP contribution in [0.15, 0.2) is 54.6 Å². The lowest BCUT2D eigenvalue weighted by molar-refractivity contribution is 0.0909. The molecule has 0 radical (unpaired) electrons. The van der Waals surface area contributed by atoms with Crippen molar-refractivity contribution in [2.45, 2.75) is 32.4 Å². The second-order valence-electron chi connectivity index (χ2n) is 8.18. The fourth-order valence-corrected chi connectivity index (χ4v) is 4.28. The summed E-state index contributed by atoms with van der Waals surface area (Å²) in [7, 11) is 0. The Bertz CT molecular complexity index is 1150. The first-order valence-electron chi connectivity index (χ1n) is 10.7. The van der Waals surface area contributed by atoms with Crippen LogP contribution in [0.1, 0.15) is 34.5 Å². The Kier molecular flexibility index (Phi) is 5.26. The van der Waals surface area contributed by atoms with Crippen LogP contribution in [-0.4, -0.2) is 50.1 Å². The summed E-state index contributed by atoms with van der Waals surface area (Å²) in [6.07, 6.45) is 1.88. The molecule has 0 bridgehead atoms. The molecule has 2 aromatic heterocycles. The van der Waals surface area contributed by atoms with Crippen molar-refractivity contribution in [2.24, 2.45) is 0 Å². The summed E-state index contributed by atoms with van der Waals surface area (Å²) in [5.74, 6) is 0.511. The minimum atomic E-state index is -0.0942. The van der Waals surface area contributed by atoms with Crippen molar-refractivity contribution in [1.82, 2.24) is 30.4 Å². The molecule has 158 valence electrons. The molecule has 0 aliphatic carbocycles. The van der Waals surface area contributed by atoms with Crippen LogP contribution in [0.5, 0.6) is 0 Å². The number of amides is 1. The zero-order valence-corrected chi connectivity index (χ0v) is 17.6. The lowest BCUT2D eigenvalue weighted by Gasteiger charge is -2.32. The molecule has 1 amide bonds. The number of piperidine rings is 1. The highest BCUT2D eigenvalue weighted by Crippen LogP contribution is 2.24. The predicted molar refractivity (Wildman–Crippen MR) is 121 cm³/mol. The van der Waals surface area contributed by atoms with Crippen LogP contribution in [0.2, 0.25) is 0 Å². The number of benzene rings is 2. The molecule has 1 aliphatic heterocycles. The first kappa shape index (κ1) is 19.5. The SMILES string of the molecule is Cc1[nH]nc(-c2nc3ccccc3[nH]2)c1C(=O)NC1CCN(Cc2ccccc2)CC1. The van der Waals surface area contributed by atoms with Gasteiger partial charge in [-0.1, -0.05) is 42.5 Å². The van der Waals surface area contributed by atoms with Gasteiger partial charge in [0.25, 0.3) is 5.91 Å². The van der Waals surface area contributed by atoms with Crippen molar-refractivity contribution < 1.29 is 4.79 Å². The van der Waals surface area contributed by atoms with Gasteiger partial charge in [0.2, 0.25) is 0 Å². The van der Waals surface area contributed by atoms with E-state index in [4.69, 9.17) is 0 Å². The topological polar surface area (TPSA) is 89.7 Å². The summed E-state index contributed by atoms with van der Waals surface area (Å²) < 4.78 is 0. The number of carbonyl (C=O) groups excluding carboxylic acids is 1. The van der Waals surface area contributed by atoms with E-state index in [1.54, 1.807) is 0 Å². The summed E-state index contributed by atoms with van der Waals surface area (Å²) in [5, 5.41) is 10.5. The fraction of sp³-hybridized carbons (Fsp3) is 0.292. The molecule has 3 heterocycles. The number of rotatable bonds is 5. The number of aromatic amines is 2. The van der Waals surface area contributed by atoms with Gasteiger partial charge in [0.1, 0.15) is 5.69 Å². The second kappa shape index (κ2) is 8.35. The van der Waals surface area contributed by atoms with E-state index in [1.165, 1.54) is 5.56 Å². The van der Waals surface area contributed by atoms with Crippen LogP contribution >= 0.6 is 0 Å². The number of imidazole rings is 1. The number of nitrogens with zero attached hydrogens (tertiary/aromatic N) is 3. The molecular weight excluding hydrogens is 388 g/mol. The van der Waals surface area contributed by atoms with Crippen molar-refractivity contribution in [1.29, 1.82) is 0 Å². The molecule has 0 atom stereocenters. The van der Waals surface area contributed by atoms with E-state index in [0.29, 0.717) is 17.1 Å². The Balaban J connectivity index is 1.26. The van der Waals surface area contributed by atoms with Gasteiger partial charge in [0.15, 0.2) is 5.82 Å². The first-order valence-corrected chi connectivity index (χ1v) is 10.7. The van der Waals surface area contributed by atoms with Gasteiger partial charge in [-0.15, -0.1) is 0 Å². The number of hydrogen-bond donors (Lipinski definition) is 3. The third-order valence-corrected chi connectivity index (χ3v) is 5.96. The van der Waals surface area contributed by atoms with Gasteiger partial charge in [-0.3, -0.25) is 14.8 Å². The number of aryl methyl sites for hydroxylation is 1. The molecular formula is C24H26N6O. The first-order chi connectivity index (χ1) is 15.2. The van der Waals surface area contributed by atoms with Gasteiger partial charge in [0.05, 0.1) is 16.6 Å². The van der Waals surface area contributed by atoms with Gasteiger partial charge in [-0.25, -0.2) is 4.98 Å². The van der Waals surface area contributed by atoms with E-state index in [0.717, 1.165) is 49.2 Å². The molecule has 1 saturated heterocycles. The predicted octanol–water partition coefficient (Wildman–Crippen LogP) is 3.66. The zero-order chi connectivity index (χ0) is 21.2. The maximum absolute atomic E-state index is 13.2. The Labute approximate surface area is 180 Å². The van der Waals surface area contributed by atoms with Gasteiger partial charge in [-0.2, -0.15) is 5.10 Å². The number of aromatic nitrogens is 4. The number of fused-ring (bicyclic) bond motifs is 1. The highest BCUT2D eigenvalue weighted by atomic mass is 16.1. The molecule has 7 nitrogen and oxygen atoms in total. The molecule has 0 unspecified atom stereocenters. The second-order valence-corrected chi connectivity index (χ2v) is 8.18. The van der Waals surface area contributed by atoms with Crippen molar-refractivity contribution in [2.75, 3.05) is 13.1 Å². The Morgan fingerprint density at radius 1 is 1.10 bits per heavy atom. The average Bonchev–Trinajstić information content (AvgIpc) is 3.39. The summed E-state index contributed by atoms with van der Waals surface area (Å²) in [6.45, 7) is 4.77. The van der Waals surface area contributed by atoms with E-state index in [9.17, 15) is 4.79 Å². The summed E-state index contributed by atoms with van der Waals surface area (Å²) in [4.78, 5) is 23.5. The zero-order valence-electron chi connectivity index (χ0n) is 17.6. The van der Waals surface area contributed by atoms with Crippen molar-refractivity contribution >= 4 is 16.9 Å². The maximum atomic E-state index is 13.2. The molecule has 7 heteroatoms. The summed E-state index contributed by atoms with van der Waals surface area (Å²) in [5.41, 5.74) is 4.98. The minimum Gasteiger partial charge on any atom is -0.349 e. The third kappa shape index (κ3) is 4.09. The molecule has 1 fully saturated rings. The summed E-state index contributed by atoms with van der Waals surface area (Å²) in [6, 6.07) is 18.5. The Morgan fingerprint density at radius 3 is 2.61 bits per heavy atom. The van der Waals surface area contributed by atoms with Crippen molar-refractivity contribution in [3.8, 4) is 11.5 Å². The lowest BCUT2D eigenvalue weighted by Crippen LogP contribution is -2.44. The number of para-hydroxylation sites is 2. The monoisotopic (exact) mass is 414 g/mol. The average molecular weight is 415 g/mol. The van der Waals surface area contributed by atoms with E-state index < -0.39 is 0 Å². The van der Waals surface area contributed by atoms with E-state index in [1.807, 2.05) is 37.3 Å². The van der Waals surface area contributed by atoms with E-state index >= 15 is 0 Å². The third-order valence-electron chi connectivity index (χ3n) is 5.96. The standard InChI is InChI=1S/C24H26N6O/c1-16-21(22(29-28-16)23-26-19-9-5-6-10-20(19)27-23)24(31)25-18-11-13-30(14-12-18)15-17-7-3-2-4-8-17/h2-10,18H,11-15H2,1H3,(H,25,31)(H,26,27)(H,28,29). The number of H-pyrrole nitrogens is 2. The quantitative estimate of drug-likeness (QED) is 0.465. The van der Waals surface area contributed by atoms with Crippen molar-refractivity contribution in [3.05, 3.63) is 71.4 Å². The highest BCUT2D eigenvalue weighted by molar-refractivity contribution is 6.01. The smallest absolute Gasteiger partial charge is 0.255 e. The molecule has 1 aliphatic rings. The molecule has 31 heavy (non-hydrogen) atoms. The number of carbonyl (C=O) groups is 1. The molecule has 5 rings (SSSR count). The van der Waals surface area contributed by atoms with Crippen LogP contribution in [0, 0.1) is 6.92 Å². The maximum Gasteiger partial charge on any atom is 0.255 e. The van der Waals surface area contributed by atoms with Gasteiger partial charge >= 0.3 is 0 Å². The molecule has 4 aromatic rings. The van der Waals surface area contributed by atoms with E-state index in [-0.39, 0.29) is 11.9 Å². The van der Waals surface area contributed by atoms with E-state index in [2.05, 4.69) is 54.6 Å². The van der Waals surface area contributed by atoms with Gasteiger partial charge in [0, 0.05) is 31.4 Å². The lowest BCUT2D eigenvalue weighted by atomic mass is 10.0. The molecule has 3 N–H and O–H groups in total. The van der Waals surface area contributed by atoms with Crippen LogP contribution in [-0.2, 0) is 6.54 Å². The minimum absolute atomic E-state index is 0.0942. The fourth-order valence-electron chi connectivity index (χ4n) is 4.28. The Morgan fingerprint density at radius 2 is 1.84 bits per heavy atom. The largest absolute Gasteiger partial charge is 0.349 e. The molecule has 0 spiro atoms. The number of nitrogens with one attached hydrogen (secondary N) is 3. The normalized spacial score (nSPS) is 15.4. The van der Waals surface area contributed by atoms with Crippen LogP contribution in [0.25, 0.3) is 22.6 Å². The number of hydrogen-bond acceptors (Lipinski definition) is 4. The molecule has 2 aromatic carbocycles. The summed E-state index contributed by atoms with van der Waals surface area (Å²) >= 11 is 0. The highest BCUT2D eigenvalue weighted by Gasteiger charge is 2.26. The van der Waals surface area contributed by atoms with Crippen LogP contribution in [0.4, 0.5) is 0 Å². The molecule has 0 saturated carbocycles. The van der Waals surface area contributed by atoms with Gasteiger partial charge in [-0.05, 0) is 37.5 Å².